The maximum Gasteiger partial charge on any atom is 0.264 e. The molecule has 0 aliphatic carbocycles. The van der Waals surface area contributed by atoms with E-state index < -0.39 is 10.0 Å². The number of anilines is 2. The van der Waals surface area contributed by atoms with Crippen LogP contribution in [0, 0.1) is 11.3 Å². The van der Waals surface area contributed by atoms with Crippen LogP contribution in [-0.2, 0) is 10.0 Å². The minimum atomic E-state index is -3.75. The molecule has 148 valence electrons. The third-order valence-corrected chi connectivity index (χ3v) is 7.19. The van der Waals surface area contributed by atoms with Gasteiger partial charge in [-0.15, -0.1) is 11.3 Å². The highest BCUT2D eigenvalue weighted by atomic mass is 32.2. The first-order valence-electron chi connectivity index (χ1n) is 8.83. The zero-order valence-corrected chi connectivity index (χ0v) is 17.5. The maximum atomic E-state index is 13.3. The van der Waals surface area contributed by atoms with E-state index >= 15 is 0 Å². The molecule has 0 saturated heterocycles. The molecule has 3 aromatic rings. The van der Waals surface area contributed by atoms with E-state index in [1.807, 2.05) is 31.1 Å². The van der Waals surface area contributed by atoms with Gasteiger partial charge in [-0.1, -0.05) is 0 Å². The van der Waals surface area contributed by atoms with E-state index in [-0.39, 0.29) is 18.0 Å². The second-order valence-electron chi connectivity index (χ2n) is 6.65. The van der Waals surface area contributed by atoms with Crippen molar-refractivity contribution in [2.24, 2.45) is 0 Å². The van der Waals surface area contributed by atoms with Gasteiger partial charge in [0.25, 0.3) is 10.0 Å². The number of rotatable bonds is 4. The van der Waals surface area contributed by atoms with Gasteiger partial charge in [-0.25, -0.2) is 13.4 Å². The van der Waals surface area contributed by atoms with Crippen LogP contribution in [-0.4, -0.2) is 40.6 Å². The predicted octanol–water partition coefficient (Wildman–Crippen LogP) is 3.34. The van der Waals surface area contributed by atoms with Gasteiger partial charge < -0.3 is 9.64 Å². The molecule has 0 spiro atoms. The zero-order valence-electron chi connectivity index (χ0n) is 15.9. The van der Waals surface area contributed by atoms with Crippen molar-refractivity contribution in [1.29, 1.82) is 5.26 Å². The van der Waals surface area contributed by atoms with Crippen LogP contribution < -0.4 is 13.9 Å². The van der Waals surface area contributed by atoms with Crippen LogP contribution in [0.3, 0.4) is 0 Å². The zero-order chi connectivity index (χ0) is 20.6. The number of nitrogens with zero attached hydrogens (tertiary/aromatic N) is 4. The highest BCUT2D eigenvalue weighted by molar-refractivity contribution is 7.92. The van der Waals surface area contributed by atoms with E-state index in [1.54, 1.807) is 41.8 Å². The predicted molar refractivity (Wildman–Crippen MR) is 113 cm³/mol. The van der Waals surface area contributed by atoms with Crippen molar-refractivity contribution in [3.05, 3.63) is 52.9 Å². The lowest BCUT2D eigenvalue weighted by Gasteiger charge is -2.31. The molecular formula is C20H18N4O3S2. The average Bonchev–Trinajstić information content (AvgIpc) is 3.22. The molecule has 0 N–H and O–H groups in total. The standard InChI is InChI=1S/C20H18N4O3S2/c1-23(2)15-4-6-16(7-5-15)29(25,26)24-9-10-27-19-8-3-14(11-18(19)24)17-13-28-20(12-21)22-17/h3-8,11,13H,9-10H2,1-2H3. The van der Waals surface area contributed by atoms with Crippen molar-refractivity contribution < 1.29 is 13.2 Å². The topological polar surface area (TPSA) is 86.5 Å². The quantitative estimate of drug-likeness (QED) is 0.636. The highest BCUT2D eigenvalue weighted by Crippen LogP contribution is 2.38. The molecule has 29 heavy (non-hydrogen) atoms. The number of fused-ring (bicyclic) bond motifs is 1. The van der Waals surface area contributed by atoms with Gasteiger partial charge in [0.1, 0.15) is 18.4 Å². The number of sulfonamides is 1. The van der Waals surface area contributed by atoms with Crippen LogP contribution in [0.15, 0.2) is 52.7 Å². The van der Waals surface area contributed by atoms with Crippen molar-refractivity contribution in [3.63, 3.8) is 0 Å². The molecule has 4 rings (SSSR count). The number of thiazole rings is 1. The lowest BCUT2D eigenvalue weighted by Crippen LogP contribution is -2.37. The Labute approximate surface area is 173 Å². The highest BCUT2D eigenvalue weighted by Gasteiger charge is 2.30. The number of hydrogen-bond acceptors (Lipinski definition) is 7. The monoisotopic (exact) mass is 426 g/mol. The Balaban J connectivity index is 1.75. The van der Waals surface area contributed by atoms with Gasteiger partial charge in [-0.3, -0.25) is 4.31 Å². The van der Waals surface area contributed by atoms with E-state index in [0.29, 0.717) is 22.1 Å². The second-order valence-corrected chi connectivity index (χ2v) is 9.37. The summed E-state index contributed by atoms with van der Waals surface area (Å²) < 4.78 is 33.7. The maximum absolute atomic E-state index is 13.3. The van der Waals surface area contributed by atoms with Crippen LogP contribution in [0.4, 0.5) is 11.4 Å². The second kappa shape index (κ2) is 7.39. The van der Waals surface area contributed by atoms with Gasteiger partial charge in [0.2, 0.25) is 0 Å². The van der Waals surface area contributed by atoms with Gasteiger partial charge in [-0.2, -0.15) is 5.26 Å². The summed E-state index contributed by atoms with van der Waals surface area (Å²) in [6.45, 7) is 0.491. The van der Waals surface area contributed by atoms with Crippen molar-refractivity contribution in [2.45, 2.75) is 4.90 Å². The Morgan fingerprint density at radius 3 is 2.62 bits per heavy atom. The summed E-state index contributed by atoms with van der Waals surface area (Å²) in [7, 11) is 0.0528. The number of ether oxygens (including phenoxy) is 1. The van der Waals surface area contributed by atoms with Crippen LogP contribution >= 0.6 is 11.3 Å². The molecule has 1 aliphatic rings. The number of hydrogen-bond donors (Lipinski definition) is 0. The fraction of sp³-hybridized carbons (Fsp3) is 0.200. The lowest BCUT2D eigenvalue weighted by molar-refractivity contribution is 0.316. The van der Waals surface area contributed by atoms with Gasteiger partial charge in [-0.05, 0) is 42.5 Å². The molecule has 0 unspecified atom stereocenters. The Hall–Kier alpha value is -3.09. The van der Waals surface area contributed by atoms with Crippen molar-refractivity contribution in [1.82, 2.24) is 4.98 Å². The molecule has 0 saturated carbocycles. The van der Waals surface area contributed by atoms with Crippen LogP contribution in [0.5, 0.6) is 5.75 Å². The molecule has 1 aliphatic heterocycles. The molecule has 0 amide bonds. The summed E-state index contributed by atoms with van der Waals surface area (Å²) in [6.07, 6.45) is 0. The minimum Gasteiger partial charge on any atom is -0.489 e. The molecule has 2 aromatic carbocycles. The van der Waals surface area contributed by atoms with E-state index in [9.17, 15) is 8.42 Å². The first kappa shape index (κ1) is 19.2. The smallest absolute Gasteiger partial charge is 0.264 e. The number of aromatic nitrogens is 1. The summed E-state index contributed by atoms with van der Waals surface area (Å²) in [6, 6.07) is 14.1. The van der Waals surface area contributed by atoms with E-state index in [0.717, 1.165) is 11.3 Å². The minimum absolute atomic E-state index is 0.217. The molecule has 9 heteroatoms. The van der Waals surface area contributed by atoms with Gasteiger partial charge in [0.15, 0.2) is 5.01 Å². The van der Waals surface area contributed by atoms with Crippen molar-refractivity contribution >= 4 is 32.7 Å². The Kier molecular flexibility index (Phi) is 4.90. The molecule has 0 radical (unpaired) electrons. The first-order chi connectivity index (χ1) is 13.9. The number of nitriles is 1. The fourth-order valence-electron chi connectivity index (χ4n) is 3.10. The molecule has 2 heterocycles. The Morgan fingerprint density at radius 1 is 1.21 bits per heavy atom. The van der Waals surface area contributed by atoms with Crippen LogP contribution in [0.1, 0.15) is 5.01 Å². The molecular weight excluding hydrogens is 408 g/mol. The number of benzene rings is 2. The summed E-state index contributed by atoms with van der Waals surface area (Å²) in [5.41, 5.74) is 2.75. The Bertz CT molecular complexity index is 1200. The SMILES string of the molecule is CN(C)c1ccc(S(=O)(=O)N2CCOc3ccc(-c4csc(C#N)n4)cc32)cc1. The molecule has 1 aromatic heterocycles. The van der Waals surface area contributed by atoms with Gasteiger partial charge in [0.05, 0.1) is 22.8 Å². The molecule has 7 nitrogen and oxygen atoms in total. The summed E-state index contributed by atoms with van der Waals surface area (Å²) in [5.74, 6) is 0.504. The third kappa shape index (κ3) is 3.52. The average molecular weight is 427 g/mol. The van der Waals surface area contributed by atoms with Gasteiger partial charge >= 0.3 is 0 Å². The van der Waals surface area contributed by atoms with Crippen LogP contribution in [0.25, 0.3) is 11.3 Å². The summed E-state index contributed by atoms with van der Waals surface area (Å²) >= 11 is 1.25. The summed E-state index contributed by atoms with van der Waals surface area (Å²) in [5, 5.41) is 11.1. The summed E-state index contributed by atoms with van der Waals surface area (Å²) in [4.78, 5) is 6.40. The third-order valence-electron chi connectivity index (χ3n) is 4.62. The molecule has 0 atom stereocenters. The Morgan fingerprint density at radius 2 is 1.97 bits per heavy atom. The first-order valence-corrected chi connectivity index (χ1v) is 11.1. The van der Waals surface area contributed by atoms with E-state index in [1.165, 1.54) is 15.6 Å². The molecule has 0 bridgehead atoms. The normalized spacial score (nSPS) is 13.3. The van der Waals surface area contributed by atoms with E-state index in [2.05, 4.69) is 4.98 Å². The lowest BCUT2D eigenvalue weighted by atomic mass is 10.1. The van der Waals surface area contributed by atoms with E-state index in [4.69, 9.17) is 10.00 Å². The largest absolute Gasteiger partial charge is 0.489 e. The molecule has 0 fully saturated rings. The van der Waals surface area contributed by atoms with Crippen molar-refractivity contribution in [2.75, 3.05) is 36.5 Å². The van der Waals surface area contributed by atoms with Crippen LogP contribution in [0.2, 0.25) is 0 Å². The van der Waals surface area contributed by atoms with Gasteiger partial charge in [0, 0.05) is 30.7 Å². The fourth-order valence-corrected chi connectivity index (χ4v) is 5.17. The van der Waals surface area contributed by atoms with Crippen molar-refractivity contribution in [3.8, 4) is 23.1 Å².